The second kappa shape index (κ2) is 6.66. The van der Waals surface area contributed by atoms with Crippen molar-refractivity contribution < 1.29 is 4.74 Å². The zero-order valence-corrected chi connectivity index (χ0v) is 10.8. The molecular formula is C14H23NO. The summed E-state index contributed by atoms with van der Waals surface area (Å²) in [5.41, 5.74) is 4.10. The molecule has 0 fully saturated rings. The quantitative estimate of drug-likeness (QED) is 0.746. The van der Waals surface area contributed by atoms with Crippen LogP contribution in [0.3, 0.4) is 0 Å². The van der Waals surface area contributed by atoms with E-state index < -0.39 is 0 Å². The van der Waals surface area contributed by atoms with Crippen LogP contribution in [0.15, 0.2) is 18.2 Å². The van der Waals surface area contributed by atoms with Crippen LogP contribution in [0.25, 0.3) is 0 Å². The lowest BCUT2D eigenvalue weighted by Crippen LogP contribution is -2.17. The van der Waals surface area contributed by atoms with Crippen molar-refractivity contribution in [3.05, 3.63) is 34.9 Å². The number of ether oxygens (including phenoxy) is 1. The first kappa shape index (κ1) is 13.2. The molecule has 1 atom stereocenters. The van der Waals surface area contributed by atoms with Gasteiger partial charge < -0.3 is 10.1 Å². The third-order valence-corrected chi connectivity index (χ3v) is 3.12. The summed E-state index contributed by atoms with van der Waals surface area (Å²) < 4.78 is 5.09. The highest BCUT2D eigenvalue weighted by Crippen LogP contribution is 2.20. The topological polar surface area (TPSA) is 21.3 Å². The van der Waals surface area contributed by atoms with Crippen molar-refractivity contribution in [3.8, 4) is 0 Å². The van der Waals surface area contributed by atoms with Crippen LogP contribution < -0.4 is 5.32 Å². The van der Waals surface area contributed by atoms with Gasteiger partial charge in [0.1, 0.15) is 0 Å². The normalized spacial score (nSPS) is 12.8. The van der Waals surface area contributed by atoms with E-state index in [1.54, 1.807) is 7.11 Å². The Bertz CT molecular complexity index is 323. The van der Waals surface area contributed by atoms with Crippen molar-refractivity contribution in [1.29, 1.82) is 0 Å². The summed E-state index contributed by atoms with van der Waals surface area (Å²) in [5.74, 6) is 0. The number of nitrogens with one attached hydrogen (secondary N) is 1. The zero-order chi connectivity index (χ0) is 12.0. The first-order valence-electron chi connectivity index (χ1n) is 5.92. The van der Waals surface area contributed by atoms with Crippen molar-refractivity contribution in [1.82, 2.24) is 5.32 Å². The minimum Gasteiger partial charge on any atom is -0.385 e. The van der Waals surface area contributed by atoms with E-state index in [2.05, 4.69) is 37.4 Å². The van der Waals surface area contributed by atoms with E-state index in [-0.39, 0.29) is 0 Å². The van der Waals surface area contributed by atoms with Gasteiger partial charge in [-0.1, -0.05) is 18.2 Å². The largest absolute Gasteiger partial charge is 0.385 e. The molecule has 0 aliphatic rings. The minimum absolute atomic E-state index is 0.439. The van der Waals surface area contributed by atoms with E-state index in [4.69, 9.17) is 4.74 Å². The Balaban J connectivity index is 2.67. The molecule has 0 aliphatic heterocycles. The fourth-order valence-corrected chi connectivity index (χ4v) is 1.89. The van der Waals surface area contributed by atoms with Crippen molar-refractivity contribution in [3.63, 3.8) is 0 Å². The van der Waals surface area contributed by atoms with Crippen LogP contribution in [-0.4, -0.2) is 20.8 Å². The van der Waals surface area contributed by atoms with Gasteiger partial charge in [0, 0.05) is 19.8 Å². The van der Waals surface area contributed by atoms with Gasteiger partial charge in [-0.05, 0) is 50.4 Å². The molecule has 0 amide bonds. The third-order valence-electron chi connectivity index (χ3n) is 3.12. The molecule has 0 aliphatic carbocycles. The first-order chi connectivity index (χ1) is 7.69. The second-order valence-electron chi connectivity index (χ2n) is 4.32. The van der Waals surface area contributed by atoms with E-state index in [1.165, 1.54) is 16.7 Å². The molecule has 1 rings (SSSR count). The van der Waals surface area contributed by atoms with Gasteiger partial charge in [0.2, 0.25) is 0 Å². The number of hydrogen-bond donors (Lipinski definition) is 1. The molecule has 16 heavy (non-hydrogen) atoms. The van der Waals surface area contributed by atoms with Crippen LogP contribution in [0.4, 0.5) is 0 Å². The lowest BCUT2D eigenvalue weighted by atomic mass is 9.98. The molecule has 0 saturated heterocycles. The number of hydrogen-bond acceptors (Lipinski definition) is 2. The van der Waals surface area contributed by atoms with E-state index in [0.717, 1.165) is 19.4 Å². The molecule has 90 valence electrons. The molecule has 2 heteroatoms. The van der Waals surface area contributed by atoms with E-state index in [1.807, 2.05) is 7.05 Å². The van der Waals surface area contributed by atoms with Crippen LogP contribution in [0.2, 0.25) is 0 Å². The Morgan fingerprint density at radius 1 is 1.25 bits per heavy atom. The van der Waals surface area contributed by atoms with Crippen molar-refractivity contribution >= 4 is 0 Å². The van der Waals surface area contributed by atoms with Crippen LogP contribution in [0.5, 0.6) is 0 Å². The monoisotopic (exact) mass is 221 g/mol. The second-order valence-corrected chi connectivity index (χ2v) is 4.32. The Hall–Kier alpha value is -0.860. The van der Waals surface area contributed by atoms with Gasteiger partial charge in [0.25, 0.3) is 0 Å². The molecule has 1 aromatic carbocycles. The Morgan fingerprint density at radius 3 is 2.56 bits per heavy atom. The number of rotatable bonds is 6. The van der Waals surface area contributed by atoms with Crippen LogP contribution in [0, 0.1) is 13.8 Å². The summed E-state index contributed by atoms with van der Waals surface area (Å²) >= 11 is 0. The van der Waals surface area contributed by atoms with Gasteiger partial charge in [-0.15, -0.1) is 0 Å². The standard InChI is InChI=1S/C14H23NO/c1-11-7-8-13(10-12(11)2)14(15-3)6-5-9-16-4/h7-8,10,14-15H,5-6,9H2,1-4H3. The van der Waals surface area contributed by atoms with Crippen molar-refractivity contribution in [2.24, 2.45) is 0 Å². The van der Waals surface area contributed by atoms with Crippen molar-refractivity contribution in [2.75, 3.05) is 20.8 Å². The van der Waals surface area contributed by atoms with Gasteiger partial charge in [-0.25, -0.2) is 0 Å². The lowest BCUT2D eigenvalue weighted by molar-refractivity contribution is 0.189. The molecule has 1 unspecified atom stereocenters. The first-order valence-corrected chi connectivity index (χ1v) is 5.92. The molecular weight excluding hydrogens is 198 g/mol. The third kappa shape index (κ3) is 3.62. The van der Waals surface area contributed by atoms with Gasteiger partial charge in [-0.2, -0.15) is 0 Å². The SMILES string of the molecule is CNC(CCCOC)c1ccc(C)c(C)c1. The number of benzene rings is 1. The molecule has 0 spiro atoms. The molecule has 0 radical (unpaired) electrons. The van der Waals surface area contributed by atoms with Crippen molar-refractivity contribution in [2.45, 2.75) is 32.7 Å². The maximum absolute atomic E-state index is 5.09. The lowest BCUT2D eigenvalue weighted by Gasteiger charge is -2.17. The predicted octanol–water partition coefficient (Wildman–Crippen LogP) is 2.99. The van der Waals surface area contributed by atoms with Gasteiger partial charge >= 0.3 is 0 Å². The molecule has 1 aromatic rings. The van der Waals surface area contributed by atoms with Crippen LogP contribution >= 0.6 is 0 Å². The highest BCUT2D eigenvalue weighted by atomic mass is 16.5. The summed E-state index contributed by atoms with van der Waals surface area (Å²) in [7, 11) is 3.77. The number of aryl methyl sites for hydroxylation is 2. The fourth-order valence-electron chi connectivity index (χ4n) is 1.89. The summed E-state index contributed by atoms with van der Waals surface area (Å²) in [6, 6.07) is 7.14. The Morgan fingerprint density at radius 2 is 2.00 bits per heavy atom. The molecule has 0 aromatic heterocycles. The summed E-state index contributed by atoms with van der Waals surface area (Å²) in [4.78, 5) is 0. The summed E-state index contributed by atoms with van der Waals surface area (Å²) in [6.07, 6.45) is 2.21. The van der Waals surface area contributed by atoms with Gasteiger partial charge in [0.15, 0.2) is 0 Å². The fraction of sp³-hybridized carbons (Fsp3) is 0.571. The minimum atomic E-state index is 0.439. The molecule has 0 saturated carbocycles. The smallest absolute Gasteiger partial charge is 0.0462 e. The zero-order valence-electron chi connectivity index (χ0n) is 10.8. The average molecular weight is 221 g/mol. The summed E-state index contributed by atoms with van der Waals surface area (Å²) in [6.45, 7) is 5.15. The highest BCUT2D eigenvalue weighted by molar-refractivity contribution is 5.31. The van der Waals surface area contributed by atoms with Gasteiger partial charge in [-0.3, -0.25) is 0 Å². The average Bonchev–Trinajstić information content (AvgIpc) is 2.29. The highest BCUT2D eigenvalue weighted by Gasteiger charge is 2.09. The predicted molar refractivity (Wildman–Crippen MR) is 68.8 cm³/mol. The Kier molecular flexibility index (Phi) is 5.50. The van der Waals surface area contributed by atoms with E-state index in [0.29, 0.717) is 6.04 Å². The molecule has 0 heterocycles. The molecule has 0 bridgehead atoms. The van der Waals surface area contributed by atoms with E-state index >= 15 is 0 Å². The maximum atomic E-state index is 5.09. The maximum Gasteiger partial charge on any atom is 0.0462 e. The van der Waals surface area contributed by atoms with Crippen LogP contribution in [-0.2, 0) is 4.74 Å². The Labute approximate surface area is 99.0 Å². The van der Waals surface area contributed by atoms with E-state index in [9.17, 15) is 0 Å². The molecule has 2 nitrogen and oxygen atoms in total. The van der Waals surface area contributed by atoms with Gasteiger partial charge in [0.05, 0.1) is 0 Å². The number of methoxy groups -OCH3 is 1. The summed E-state index contributed by atoms with van der Waals surface area (Å²) in [5, 5.41) is 3.37. The molecule has 1 N–H and O–H groups in total. The van der Waals surface area contributed by atoms with Crippen LogP contribution in [0.1, 0.15) is 35.6 Å².